The van der Waals surface area contributed by atoms with Crippen molar-refractivity contribution in [1.82, 2.24) is 4.72 Å². The molecule has 6 nitrogen and oxygen atoms in total. The summed E-state index contributed by atoms with van der Waals surface area (Å²) < 4.78 is 31.7. The lowest BCUT2D eigenvalue weighted by Gasteiger charge is -2.28. The molecule has 0 aromatic carbocycles. The first-order valence-electron chi connectivity index (χ1n) is 6.78. The number of hydrogen-bond acceptors (Lipinski definition) is 4. The summed E-state index contributed by atoms with van der Waals surface area (Å²) in [7, 11) is -3.78. The van der Waals surface area contributed by atoms with Gasteiger partial charge in [0.05, 0.1) is 0 Å². The SMILES string of the molecule is CCC1CCCC(NS(=O)(=O)c2ccc(C(=O)O)o2)C1. The van der Waals surface area contributed by atoms with Gasteiger partial charge in [-0.1, -0.05) is 26.2 Å². The van der Waals surface area contributed by atoms with E-state index in [1.54, 1.807) is 0 Å². The molecule has 2 N–H and O–H groups in total. The summed E-state index contributed by atoms with van der Waals surface area (Å²) in [6, 6.07) is 2.22. The number of rotatable bonds is 5. The van der Waals surface area contributed by atoms with Crippen LogP contribution in [0.25, 0.3) is 0 Å². The Balaban J connectivity index is 2.08. The highest BCUT2D eigenvalue weighted by Crippen LogP contribution is 2.27. The third kappa shape index (κ3) is 3.40. The van der Waals surface area contributed by atoms with Gasteiger partial charge in [0.1, 0.15) is 0 Å². The van der Waals surface area contributed by atoms with Crippen molar-refractivity contribution in [2.75, 3.05) is 0 Å². The summed E-state index contributed by atoms with van der Waals surface area (Å²) in [5.74, 6) is -1.11. The lowest BCUT2D eigenvalue weighted by atomic mass is 9.85. The van der Waals surface area contributed by atoms with Crippen LogP contribution >= 0.6 is 0 Å². The molecular formula is C13H19NO5S. The van der Waals surface area contributed by atoms with Gasteiger partial charge >= 0.3 is 5.97 Å². The number of carbonyl (C=O) groups is 1. The maximum Gasteiger partial charge on any atom is 0.371 e. The van der Waals surface area contributed by atoms with Crippen LogP contribution in [-0.4, -0.2) is 25.5 Å². The van der Waals surface area contributed by atoms with Crippen molar-refractivity contribution in [3.8, 4) is 0 Å². The average molecular weight is 301 g/mol. The molecule has 0 aliphatic heterocycles. The van der Waals surface area contributed by atoms with Crippen LogP contribution in [0.3, 0.4) is 0 Å². The summed E-state index contributed by atoms with van der Waals surface area (Å²) in [6.45, 7) is 2.10. The maximum atomic E-state index is 12.1. The molecule has 1 aromatic rings. The van der Waals surface area contributed by atoms with Gasteiger partial charge in [-0.15, -0.1) is 0 Å². The fourth-order valence-electron chi connectivity index (χ4n) is 2.63. The van der Waals surface area contributed by atoms with E-state index in [0.717, 1.165) is 38.2 Å². The summed E-state index contributed by atoms with van der Waals surface area (Å²) in [6.07, 6.45) is 4.81. The minimum absolute atomic E-state index is 0.0999. The van der Waals surface area contributed by atoms with Crippen LogP contribution < -0.4 is 4.72 Å². The normalized spacial score (nSPS) is 23.6. The number of nitrogens with one attached hydrogen (secondary N) is 1. The number of aromatic carboxylic acids is 1. The predicted octanol–water partition coefficient (Wildman–Crippen LogP) is 2.22. The maximum absolute atomic E-state index is 12.1. The summed E-state index contributed by atoms with van der Waals surface area (Å²) >= 11 is 0. The number of sulfonamides is 1. The van der Waals surface area contributed by atoms with Crippen LogP contribution in [0.2, 0.25) is 0 Å². The molecule has 1 aliphatic rings. The molecule has 7 heteroatoms. The monoisotopic (exact) mass is 301 g/mol. The Morgan fingerprint density at radius 3 is 2.80 bits per heavy atom. The molecular weight excluding hydrogens is 282 g/mol. The van der Waals surface area contributed by atoms with E-state index in [1.807, 2.05) is 0 Å². The molecule has 1 aliphatic carbocycles. The summed E-state index contributed by atoms with van der Waals surface area (Å²) in [4.78, 5) is 10.7. The molecule has 2 rings (SSSR count). The van der Waals surface area contributed by atoms with Gasteiger partial charge in [0.15, 0.2) is 0 Å². The molecule has 1 aromatic heterocycles. The first-order valence-corrected chi connectivity index (χ1v) is 8.26. The van der Waals surface area contributed by atoms with E-state index in [2.05, 4.69) is 11.6 Å². The van der Waals surface area contributed by atoms with Crippen molar-refractivity contribution in [3.63, 3.8) is 0 Å². The molecule has 1 saturated carbocycles. The average Bonchev–Trinajstić information content (AvgIpc) is 2.89. The van der Waals surface area contributed by atoms with E-state index >= 15 is 0 Å². The Morgan fingerprint density at radius 2 is 2.20 bits per heavy atom. The van der Waals surface area contributed by atoms with Crippen molar-refractivity contribution in [2.24, 2.45) is 5.92 Å². The third-order valence-corrected chi connectivity index (χ3v) is 5.13. The van der Waals surface area contributed by atoms with E-state index in [-0.39, 0.29) is 16.9 Å². The fraction of sp³-hybridized carbons (Fsp3) is 0.615. The van der Waals surface area contributed by atoms with Gasteiger partial charge < -0.3 is 9.52 Å². The van der Waals surface area contributed by atoms with Crippen molar-refractivity contribution in [3.05, 3.63) is 17.9 Å². The van der Waals surface area contributed by atoms with Gasteiger partial charge in [-0.25, -0.2) is 17.9 Å². The van der Waals surface area contributed by atoms with E-state index in [9.17, 15) is 13.2 Å². The molecule has 112 valence electrons. The molecule has 0 amide bonds. The van der Waals surface area contributed by atoms with E-state index in [1.165, 1.54) is 6.07 Å². The van der Waals surface area contributed by atoms with Crippen LogP contribution in [0.4, 0.5) is 0 Å². The quantitative estimate of drug-likeness (QED) is 0.869. The topological polar surface area (TPSA) is 96.6 Å². The Bertz CT molecular complexity index is 577. The first kappa shape index (κ1) is 15.1. The van der Waals surface area contributed by atoms with Gasteiger partial charge in [-0.2, -0.15) is 0 Å². The lowest BCUT2D eigenvalue weighted by Crippen LogP contribution is -2.38. The molecule has 0 bridgehead atoms. The van der Waals surface area contributed by atoms with E-state index in [4.69, 9.17) is 9.52 Å². The van der Waals surface area contributed by atoms with Gasteiger partial charge in [-0.3, -0.25) is 0 Å². The molecule has 0 spiro atoms. The van der Waals surface area contributed by atoms with Crippen LogP contribution in [0.1, 0.15) is 49.6 Å². The molecule has 1 fully saturated rings. The third-order valence-electron chi connectivity index (χ3n) is 3.74. The number of furan rings is 1. The standard InChI is InChI=1S/C13H19NO5S/c1-2-9-4-3-5-10(8-9)14-20(17,18)12-7-6-11(19-12)13(15)16/h6-7,9-10,14H,2-5,8H2,1H3,(H,15,16). The highest BCUT2D eigenvalue weighted by Gasteiger charge is 2.28. The number of hydrogen-bond donors (Lipinski definition) is 2. The second-order valence-electron chi connectivity index (χ2n) is 5.18. The zero-order valence-corrected chi connectivity index (χ0v) is 12.1. The van der Waals surface area contributed by atoms with Gasteiger partial charge in [-0.05, 0) is 30.9 Å². The van der Waals surface area contributed by atoms with Crippen LogP contribution in [-0.2, 0) is 10.0 Å². The van der Waals surface area contributed by atoms with Gasteiger partial charge in [0.2, 0.25) is 10.9 Å². The van der Waals surface area contributed by atoms with E-state index < -0.39 is 16.0 Å². The highest BCUT2D eigenvalue weighted by molar-refractivity contribution is 7.89. The zero-order chi connectivity index (χ0) is 14.8. The number of carboxylic acids is 1. The summed E-state index contributed by atoms with van der Waals surface area (Å²) in [5, 5.41) is 8.40. The molecule has 0 radical (unpaired) electrons. The van der Waals surface area contributed by atoms with Crippen LogP contribution in [0, 0.1) is 5.92 Å². The minimum atomic E-state index is -3.78. The van der Waals surface area contributed by atoms with Crippen molar-refractivity contribution < 1.29 is 22.7 Å². The molecule has 2 atom stereocenters. The second-order valence-corrected chi connectivity index (χ2v) is 6.83. The predicted molar refractivity (Wildman–Crippen MR) is 72.0 cm³/mol. The highest BCUT2D eigenvalue weighted by atomic mass is 32.2. The first-order chi connectivity index (χ1) is 9.42. The van der Waals surface area contributed by atoms with Crippen LogP contribution in [0.15, 0.2) is 21.6 Å². The van der Waals surface area contributed by atoms with E-state index in [0.29, 0.717) is 5.92 Å². The van der Waals surface area contributed by atoms with Crippen molar-refractivity contribution in [2.45, 2.75) is 50.2 Å². The summed E-state index contributed by atoms with van der Waals surface area (Å²) in [5.41, 5.74) is 0. The lowest BCUT2D eigenvalue weighted by molar-refractivity contribution is 0.0656. The van der Waals surface area contributed by atoms with Crippen molar-refractivity contribution >= 4 is 16.0 Å². The molecule has 0 saturated heterocycles. The Hall–Kier alpha value is -1.34. The smallest absolute Gasteiger partial charge is 0.371 e. The van der Waals surface area contributed by atoms with Crippen LogP contribution in [0.5, 0.6) is 0 Å². The van der Waals surface area contributed by atoms with Gasteiger partial charge in [0.25, 0.3) is 10.0 Å². The largest absolute Gasteiger partial charge is 0.475 e. The minimum Gasteiger partial charge on any atom is -0.475 e. The Morgan fingerprint density at radius 1 is 1.45 bits per heavy atom. The Labute approximate surface area is 118 Å². The molecule has 20 heavy (non-hydrogen) atoms. The molecule has 2 unspecified atom stereocenters. The Kier molecular flexibility index (Phi) is 4.49. The number of carboxylic acid groups (broad SMARTS) is 1. The van der Waals surface area contributed by atoms with Crippen molar-refractivity contribution in [1.29, 1.82) is 0 Å². The molecule has 1 heterocycles. The zero-order valence-electron chi connectivity index (χ0n) is 11.3. The fourth-order valence-corrected chi connectivity index (χ4v) is 3.84. The van der Waals surface area contributed by atoms with Gasteiger partial charge in [0, 0.05) is 6.04 Å². The second kappa shape index (κ2) is 5.97.